The molecule has 0 spiro atoms. The maximum absolute atomic E-state index is 11.6. The normalized spacial score (nSPS) is 20.0. The first-order chi connectivity index (χ1) is 9.02. The molecule has 8 heteroatoms. The van der Waals surface area contributed by atoms with Gasteiger partial charge < -0.3 is 4.74 Å². The number of nitrogens with zero attached hydrogens (tertiary/aromatic N) is 3. The molecular formula is C11H20N4O3S. The number of ether oxygens (including phenoxy) is 1. The molecule has 0 aliphatic carbocycles. The van der Waals surface area contributed by atoms with Crippen LogP contribution in [0.15, 0.2) is 0 Å². The maximum Gasteiger partial charge on any atom is 0.211 e. The van der Waals surface area contributed by atoms with Gasteiger partial charge in [0.15, 0.2) is 0 Å². The molecule has 1 aliphatic heterocycles. The minimum Gasteiger partial charge on any atom is -0.375 e. The molecule has 19 heavy (non-hydrogen) atoms. The van der Waals surface area contributed by atoms with Gasteiger partial charge in [0.1, 0.15) is 0 Å². The highest BCUT2D eigenvalue weighted by atomic mass is 32.2. The van der Waals surface area contributed by atoms with E-state index in [4.69, 9.17) is 4.74 Å². The third-order valence-electron chi connectivity index (χ3n) is 3.12. The minimum atomic E-state index is -3.17. The zero-order valence-electron chi connectivity index (χ0n) is 11.3. The van der Waals surface area contributed by atoms with Crippen LogP contribution in [-0.2, 0) is 27.9 Å². The Morgan fingerprint density at radius 1 is 1.53 bits per heavy atom. The molecule has 2 heterocycles. The number of hydrogen-bond donors (Lipinski definition) is 1. The summed E-state index contributed by atoms with van der Waals surface area (Å²) in [6.45, 7) is 5.75. The Balaban J connectivity index is 1.96. The highest BCUT2D eigenvalue weighted by molar-refractivity contribution is 7.89. The highest BCUT2D eigenvalue weighted by Crippen LogP contribution is 2.14. The van der Waals surface area contributed by atoms with E-state index < -0.39 is 10.0 Å². The van der Waals surface area contributed by atoms with E-state index in [2.05, 4.69) is 15.0 Å². The third kappa shape index (κ3) is 3.74. The molecule has 0 saturated heterocycles. The molecule has 108 valence electrons. The lowest BCUT2D eigenvalue weighted by Gasteiger charge is -2.14. The van der Waals surface area contributed by atoms with Crippen LogP contribution in [0.3, 0.4) is 0 Å². The van der Waals surface area contributed by atoms with Gasteiger partial charge in [-0.25, -0.2) is 17.8 Å². The molecule has 0 radical (unpaired) electrons. The molecule has 0 aromatic carbocycles. The number of aromatic nitrogens is 3. The minimum absolute atomic E-state index is 0.0778. The van der Waals surface area contributed by atoms with Crippen molar-refractivity contribution in [2.75, 3.05) is 18.9 Å². The van der Waals surface area contributed by atoms with Crippen LogP contribution in [0.4, 0.5) is 0 Å². The second-order valence-electron chi connectivity index (χ2n) is 4.85. The molecule has 0 bridgehead atoms. The Morgan fingerprint density at radius 2 is 2.32 bits per heavy atom. The van der Waals surface area contributed by atoms with Gasteiger partial charge in [-0.1, -0.05) is 12.1 Å². The van der Waals surface area contributed by atoms with Gasteiger partial charge in [0.25, 0.3) is 0 Å². The van der Waals surface area contributed by atoms with Crippen LogP contribution in [0.2, 0.25) is 0 Å². The van der Waals surface area contributed by atoms with Gasteiger partial charge in [0, 0.05) is 19.0 Å². The lowest BCUT2D eigenvalue weighted by atomic mass is 10.1. The molecule has 7 nitrogen and oxygen atoms in total. The molecule has 2 rings (SSSR count). The topological polar surface area (TPSA) is 86.1 Å². The SMILES string of the molecule is CCCS(=O)(=O)NCC1COCc2c(C)nnn2C1. The Bertz CT molecular complexity index is 526. The maximum atomic E-state index is 11.6. The Kier molecular flexibility index (Phi) is 4.54. The van der Waals surface area contributed by atoms with Crippen molar-refractivity contribution in [3.05, 3.63) is 11.4 Å². The smallest absolute Gasteiger partial charge is 0.211 e. The fourth-order valence-electron chi connectivity index (χ4n) is 2.07. The molecule has 0 saturated carbocycles. The van der Waals surface area contributed by atoms with Crippen molar-refractivity contribution in [2.24, 2.45) is 5.92 Å². The van der Waals surface area contributed by atoms with Crippen molar-refractivity contribution in [1.29, 1.82) is 0 Å². The van der Waals surface area contributed by atoms with Gasteiger partial charge in [0.2, 0.25) is 10.0 Å². The molecular weight excluding hydrogens is 268 g/mol. The van der Waals surface area contributed by atoms with Crippen LogP contribution in [0.5, 0.6) is 0 Å². The second kappa shape index (κ2) is 5.98. The van der Waals surface area contributed by atoms with Crippen molar-refractivity contribution in [3.63, 3.8) is 0 Å². The van der Waals surface area contributed by atoms with Crippen LogP contribution in [0.25, 0.3) is 0 Å². The number of fused-ring (bicyclic) bond motifs is 1. The average molecular weight is 288 g/mol. The summed E-state index contributed by atoms with van der Waals surface area (Å²) in [5, 5.41) is 8.06. The number of hydrogen-bond acceptors (Lipinski definition) is 5. The number of nitrogens with one attached hydrogen (secondary N) is 1. The monoisotopic (exact) mass is 288 g/mol. The van der Waals surface area contributed by atoms with E-state index >= 15 is 0 Å². The lowest BCUT2D eigenvalue weighted by Crippen LogP contribution is -2.34. The molecule has 0 amide bonds. The first-order valence-electron chi connectivity index (χ1n) is 6.46. The summed E-state index contributed by atoms with van der Waals surface area (Å²) >= 11 is 0. The summed E-state index contributed by atoms with van der Waals surface area (Å²) in [4.78, 5) is 0. The third-order valence-corrected chi connectivity index (χ3v) is 4.67. The van der Waals surface area contributed by atoms with Gasteiger partial charge in [-0.3, -0.25) is 0 Å². The van der Waals surface area contributed by atoms with Crippen LogP contribution < -0.4 is 4.72 Å². The summed E-state index contributed by atoms with van der Waals surface area (Å²) in [7, 11) is -3.17. The van der Waals surface area contributed by atoms with Gasteiger partial charge >= 0.3 is 0 Å². The molecule has 1 aromatic heterocycles. The first-order valence-corrected chi connectivity index (χ1v) is 8.11. The molecule has 1 unspecified atom stereocenters. The van der Waals surface area contributed by atoms with Crippen LogP contribution >= 0.6 is 0 Å². The number of rotatable bonds is 5. The Hall–Kier alpha value is -0.990. The van der Waals surface area contributed by atoms with Gasteiger partial charge in [-0.15, -0.1) is 5.10 Å². The van der Waals surface area contributed by atoms with Crippen molar-refractivity contribution in [2.45, 2.75) is 33.4 Å². The van der Waals surface area contributed by atoms with Gasteiger partial charge in [-0.2, -0.15) is 0 Å². The van der Waals surface area contributed by atoms with E-state index in [1.54, 1.807) is 4.68 Å². The second-order valence-corrected chi connectivity index (χ2v) is 6.78. The highest BCUT2D eigenvalue weighted by Gasteiger charge is 2.21. The van der Waals surface area contributed by atoms with E-state index in [0.29, 0.717) is 32.7 Å². The lowest BCUT2D eigenvalue weighted by molar-refractivity contribution is 0.0954. The molecule has 0 fully saturated rings. The van der Waals surface area contributed by atoms with Gasteiger partial charge in [0.05, 0.1) is 30.4 Å². The first kappa shape index (κ1) is 14.4. The van der Waals surface area contributed by atoms with Crippen LogP contribution in [0, 0.1) is 12.8 Å². The summed E-state index contributed by atoms with van der Waals surface area (Å²) in [5.74, 6) is 0.239. The standard InChI is InChI=1S/C11H20N4O3S/c1-3-4-19(16,17)12-5-10-6-15-11(8-18-7-10)9(2)13-14-15/h10,12H,3-8H2,1-2H3. The molecule has 1 aromatic rings. The summed E-state index contributed by atoms with van der Waals surface area (Å²) in [5.41, 5.74) is 1.84. The van der Waals surface area contributed by atoms with E-state index in [1.807, 2.05) is 13.8 Å². The number of aryl methyl sites for hydroxylation is 1. The zero-order valence-corrected chi connectivity index (χ0v) is 12.1. The number of sulfonamides is 1. The van der Waals surface area contributed by atoms with E-state index in [0.717, 1.165) is 11.4 Å². The largest absolute Gasteiger partial charge is 0.375 e. The van der Waals surface area contributed by atoms with Crippen molar-refractivity contribution in [1.82, 2.24) is 19.7 Å². The van der Waals surface area contributed by atoms with Crippen molar-refractivity contribution >= 4 is 10.0 Å². The quantitative estimate of drug-likeness (QED) is 0.828. The zero-order chi connectivity index (χ0) is 13.9. The summed E-state index contributed by atoms with van der Waals surface area (Å²) in [6, 6.07) is 0. The average Bonchev–Trinajstić information content (AvgIpc) is 2.59. The van der Waals surface area contributed by atoms with E-state index in [-0.39, 0.29) is 11.7 Å². The van der Waals surface area contributed by atoms with Crippen molar-refractivity contribution < 1.29 is 13.2 Å². The molecule has 1 N–H and O–H groups in total. The van der Waals surface area contributed by atoms with E-state index in [1.165, 1.54) is 0 Å². The summed E-state index contributed by atoms with van der Waals surface area (Å²) in [6.07, 6.45) is 0.614. The van der Waals surface area contributed by atoms with Crippen molar-refractivity contribution in [3.8, 4) is 0 Å². The Morgan fingerprint density at radius 3 is 3.05 bits per heavy atom. The predicted molar refractivity (Wildman–Crippen MR) is 70.0 cm³/mol. The fraction of sp³-hybridized carbons (Fsp3) is 0.818. The Labute approximate surface area is 113 Å². The van der Waals surface area contributed by atoms with Crippen LogP contribution in [-0.4, -0.2) is 42.3 Å². The fourth-order valence-corrected chi connectivity index (χ4v) is 3.25. The van der Waals surface area contributed by atoms with E-state index in [9.17, 15) is 8.42 Å². The molecule has 1 atom stereocenters. The summed E-state index contributed by atoms with van der Waals surface area (Å²) < 4.78 is 33.2. The molecule has 1 aliphatic rings. The van der Waals surface area contributed by atoms with Gasteiger partial charge in [-0.05, 0) is 13.3 Å². The van der Waals surface area contributed by atoms with Crippen LogP contribution in [0.1, 0.15) is 24.7 Å². The predicted octanol–water partition coefficient (Wildman–Crippen LogP) is 0.0623.